The lowest BCUT2D eigenvalue weighted by molar-refractivity contribution is 0.179. The summed E-state index contributed by atoms with van der Waals surface area (Å²) in [5.74, 6) is 0.446. The summed E-state index contributed by atoms with van der Waals surface area (Å²) in [6.45, 7) is 2.26. The highest BCUT2D eigenvalue weighted by molar-refractivity contribution is 14.1. The summed E-state index contributed by atoms with van der Waals surface area (Å²) in [7, 11) is 0. The smallest absolute Gasteiger partial charge is 0.321 e. The molecule has 3 N–H and O–H groups in total. The standard InChI is InChI=1S/C13H18IN3O.ClH/c14-11-3-5-12(6-4-11)16-13(18)17-7-1-2-10(8-15)9-17;/h3-6,10H,1-2,7-9,15H2,(H,16,18);1H. The molecular weight excluding hydrogens is 377 g/mol. The Hall–Kier alpha value is -0.530. The first-order valence-electron chi connectivity index (χ1n) is 6.20. The molecule has 2 rings (SSSR count). The Kier molecular flexibility index (Phi) is 6.88. The van der Waals surface area contributed by atoms with Gasteiger partial charge in [0.2, 0.25) is 0 Å². The fourth-order valence-corrected chi connectivity index (χ4v) is 2.54. The summed E-state index contributed by atoms with van der Waals surface area (Å²) in [5, 5.41) is 2.93. The number of piperidine rings is 1. The van der Waals surface area contributed by atoms with E-state index in [1.165, 1.54) is 0 Å². The van der Waals surface area contributed by atoms with E-state index in [1.54, 1.807) is 0 Å². The Labute approximate surface area is 133 Å². The Morgan fingerprint density at radius 1 is 1.42 bits per heavy atom. The van der Waals surface area contributed by atoms with Gasteiger partial charge in [0.05, 0.1) is 0 Å². The number of nitrogens with two attached hydrogens (primary N) is 1. The summed E-state index contributed by atoms with van der Waals surface area (Å²) in [5.41, 5.74) is 6.52. The van der Waals surface area contributed by atoms with Crippen molar-refractivity contribution in [2.75, 3.05) is 25.0 Å². The number of carbonyl (C=O) groups excluding carboxylic acids is 1. The zero-order chi connectivity index (χ0) is 13.0. The first kappa shape index (κ1) is 16.5. The van der Waals surface area contributed by atoms with Crippen molar-refractivity contribution in [2.24, 2.45) is 11.7 Å². The molecule has 1 aliphatic rings. The van der Waals surface area contributed by atoms with Crippen LogP contribution in [0.2, 0.25) is 0 Å². The van der Waals surface area contributed by atoms with Crippen molar-refractivity contribution in [3.8, 4) is 0 Å². The minimum atomic E-state index is -0.0191. The number of nitrogens with one attached hydrogen (secondary N) is 1. The second kappa shape index (κ2) is 7.91. The molecule has 0 radical (unpaired) electrons. The monoisotopic (exact) mass is 395 g/mol. The minimum Gasteiger partial charge on any atom is -0.330 e. The van der Waals surface area contributed by atoms with E-state index in [-0.39, 0.29) is 18.4 Å². The number of nitrogens with zero attached hydrogens (tertiary/aromatic N) is 1. The summed E-state index contributed by atoms with van der Waals surface area (Å²) in [6, 6.07) is 7.78. The number of urea groups is 1. The molecule has 1 unspecified atom stereocenters. The molecule has 0 spiro atoms. The van der Waals surface area contributed by atoms with Gasteiger partial charge in [-0.3, -0.25) is 0 Å². The van der Waals surface area contributed by atoms with Crippen molar-refractivity contribution in [1.29, 1.82) is 0 Å². The molecular formula is C13H19ClIN3O. The van der Waals surface area contributed by atoms with E-state index in [4.69, 9.17) is 5.73 Å². The van der Waals surface area contributed by atoms with E-state index in [0.717, 1.165) is 35.2 Å². The van der Waals surface area contributed by atoms with E-state index in [1.807, 2.05) is 29.2 Å². The summed E-state index contributed by atoms with van der Waals surface area (Å²) in [6.07, 6.45) is 2.17. The third-order valence-corrected chi connectivity index (χ3v) is 3.95. The number of carbonyl (C=O) groups is 1. The van der Waals surface area contributed by atoms with Crippen molar-refractivity contribution in [2.45, 2.75) is 12.8 Å². The summed E-state index contributed by atoms with van der Waals surface area (Å²) in [4.78, 5) is 13.9. The lowest BCUT2D eigenvalue weighted by Gasteiger charge is -2.32. The SMILES string of the molecule is Cl.NCC1CCCN(C(=O)Nc2ccc(I)cc2)C1. The van der Waals surface area contributed by atoms with Crippen LogP contribution in [-0.4, -0.2) is 30.6 Å². The van der Waals surface area contributed by atoms with Gasteiger partial charge in [-0.2, -0.15) is 0 Å². The van der Waals surface area contributed by atoms with Crippen molar-refractivity contribution in [3.05, 3.63) is 27.8 Å². The quantitative estimate of drug-likeness (QED) is 0.757. The number of amides is 2. The summed E-state index contributed by atoms with van der Waals surface area (Å²) < 4.78 is 1.16. The van der Waals surface area contributed by atoms with Gasteiger partial charge in [0, 0.05) is 22.3 Å². The molecule has 2 amide bonds. The zero-order valence-electron chi connectivity index (χ0n) is 10.6. The Balaban J connectivity index is 0.00000180. The predicted molar refractivity (Wildman–Crippen MR) is 88.8 cm³/mol. The zero-order valence-corrected chi connectivity index (χ0v) is 13.6. The molecule has 6 heteroatoms. The lowest BCUT2D eigenvalue weighted by Crippen LogP contribution is -2.44. The molecule has 1 atom stereocenters. The third kappa shape index (κ3) is 4.81. The van der Waals surface area contributed by atoms with Gasteiger partial charge in [0.25, 0.3) is 0 Å². The molecule has 4 nitrogen and oxygen atoms in total. The van der Waals surface area contributed by atoms with Gasteiger partial charge in [-0.15, -0.1) is 12.4 Å². The molecule has 106 valence electrons. The van der Waals surface area contributed by atoms with Crippen molar-refractivity contribution in [1.82, 2.24) is 4.90 Å². The maximum absolute atomic E-state index is 12.1. The lowest BCUT2D eigenvalue weighted by atomic mass is 9.99. The van der Waals surface area contributed by atoms with Crippen LogP contribution in [0, 0.1) is 9.49 Å². The number of halogens is 2. The van der Waals surface area contributed by atoms with Crippen LogP contribution in [0.1, 0.15) is 12.8 Å². The van der Waals surface area contributed by atoms with Crippen LogP contribution in [-0.2, 0) is 0 Å². The number of hydrogen-bond acceptors (Lipinski definition) is 2. The minimum absolute atomic E-state index is 0. The van der Waals surface area contributed by atoms with Crippen molar-refractivity contribution >= 4 is 46.7 Å². The first-order valence-corrected chi connectivity index (χ1v) is 7.28. The number of likely N-dealkylation sites (tertiary alicyclic amines) is 1. The predicted octanol–water partition coefficient (Wildman–Crippen LogP) is 2.92. The second-order valence-electron chi connectivity index (χ2n) is 4.63. The van der Waals surface area contributed by atoms with Gasteiger partial charge in [-0.05, 0) is 72.2 Å². The van der Waals surface area contributed by atoms with E-state index in [9.17, 15) is 4.79 Å². The summed E-state index contributed by atoms with van der Waals surface area (Å²) >= 11 is 2.24. The van der Waals surface area contributed by atoms with Gasteiger partial charge in [0.15, 0.2) is 0 Å². The van der Waals surface area contributed by atoms with Gasteiger partial charge in [0.1, 0.15) is 0 Å². The van der Waals surface area contributed by atoms with Crippen LogP contribution in [0.5, 0.6) is 0 Å². The fourth-order valence-electron chi connectivity index (χ4n) is 2.18. The van der Waals surface area contributed by atoms with Gasteiger partial charge in [-0.25, -0.2) is 4.79 Å². The number of benzene rings is 1. The average Bonchev–Trinajstić information content (AvgIpc) is 2.41. The largest absolute Gasteiger partial charge is 0.330 e. The fraction of sp³-hybridized carbons (Fsp3) is 0.462. The van der Waals surface area contributed by atoms with Crippen LogP contribution in [0.15, 0.2) is 24.3 Å². The molecule has 19 heavy (non-hydrogen) atoms. The molecule has 0 bridgehead atoms. The molecule has 1 aliphatic heterocycles. The van der Waals surface area contributed by atoms with Crippen molar-refractivity contribution in [3.63, 3.8) is 0 Å². The van der Waals surface area contributed by atoms with Crippen LogP contribution >= 0.6 is 35.0 Å². The maximum Gasteiger partial charge on any atom is 0.321 e. The van der Waals surface area contributed by atoms with E-state index in [2.05, 4.69) is 27.9 Å². The van der Waals surface area contributed by atoms with E-state index < -0.39 is 0 Å². The molecule has 1 heterocycles. The number of anilines is 1. The average molecular weight is 396 g/mol. The molecule has 1 fully saturated rings. The third-order valence-electron chi connectivity index (χ3n) is 3.24. The molecule has 1 aromatic rings. The van der Waals surface area contributed by atoms with Crippen LogP contribution < -0.4 is 11.1 Å². The topological polar surface area (TPSA) is 58.4 Å². The maximum atomic E-state index is 12.1. The highest BCUT2D eigenvalue weighted by atomic mass is 127. The number of hydrogen-bond donors (Lipinski definition) is 2. The van der Waals surface area contributed by atoms with E-state index >= 15 is 0 Å². The van der Waals surface area contributed by atoms with Gasteiger partial charge in [-0.1, -0.05) is 0 Å². The van der Waals surface area contributed by atoms with Crippen LogP contribution in [0.3, 0.4) is 0 Å². The first-order chi connectivity index (χ1) is 8.69. The van der Waals surface area contributed by atoms with E-state index in [0.29, 0.717) is 12.5 Å². The normalized spacial score (nSPS) is 18.6. The highest BCUT2D eigenvalue weighted by Gasteiger charge is 2.22. The highest BCUT2D eigenvalue weighted by Crippen LogP contribution is 2.17. The second-order valence-corrected chi connectivity index (χ2v) is 5.87. The molecule has 0 saturated carbocycles. The Morgan fingerprint density at radius 3 is 2.74 bits per heavy atom. The van der Waals surface area contributed by atoms with Gasteiger partial charge < -0.3 is 16.0 Å². The molecule has 0 aromatic heterocycles. The van der Waals surface area contributed by atoms with Crippen molar-refractivity contribution < 1.29 is 4.79 Å². The number of rotatable bonds is 2. The van der Waals surface area contributed by atoms with Crippen LogP contribution in [0.4, 0.5) is 10.5 Å². The Bertz CT molecular complexity index is 413. The Morgan fingerprint density at radius 2 is 2.11 bits per heavy atom. The molecule has 1 aromatic carbocycles. The molecule has 1 saturated heterocycles. The van der Waals surface area contributed by atoms with Gasteiger partial charge >= 0.3 is 6.03 Å². The van der Waals surface area contributed by atoms with Crippen LogP contribution in [0.25, 0.3) is 0 Å². The molecule has 0 aliphatic carbocycles.